The Kier molecular flexibility index (Phi) is 4.76. The van der Waals surface area contributed by atoms with Gasteiger partial charge in [-0.2, -0.15) is 0 Å². The molecule has 0 bridgehead atoms. The molecule has 0 spiro atoms. The zero-order valence-electron chi connectivity index (χ0n) is 14.9. The number of benzene rings is 2. The molecule has 7 heteroatoms. The van der Waals surface area contributed by atoms with Crippen molar-refractivity contribution >= 4 is 51.5 Å². The van der Waals surface area contributed by atoms with E-state index >= 15 is 0 Å². The lowest BCUT2D eigenvalue weighted by molar-refractivity contribution is -0.113. The lowest BCUT2D eigenvalue weighted by Crippen LogP contribution is -2.14. The summed E-state index contributed by atoms with van der Waals surface area (Å²) in [5.74, 6) is 0.113. The lowest BCUT2D eigenvalue weighted by Gasteiger charge is -2.08. The molecule has 2 aromatic carbocycles. The number of anilines is 1. The molecule has 4 rings (SSSR count). The third-order valence-electron chi connectivity index (χ3n) is 4.36. The lowest BCUT2D eigenvalue weighted by atomic mass is 10.1. The molecule has 0 radical (unpaired) electrons. The molecule has 0 saturated carbocycles. The Hall–Kier alpha value is -2.57. The Bertz CT molecular complexity index is 1170. The first-order chi connectivity index (χ1) is 13.0. The first kappa shape index (κ1) is 17.8. The van der Waals surface area contributed by atoms with E-state index in [-0.39, 0.29) is 11.7 Å². The van der Waals surface area contributed by atoms with Crippen molar-refractivity contribution in [1.82, 2.24) is 14.6 Å². The van der Waals surface area contributed by atoms with Gasteiger partial charge in [-0.15, -0.1) is 10.2 Å². The molecule has 27 heavy (non-hydrogen) atoms. The number of halogens is 1. The highest BCUT2D eigenvalue weighted by Crippen LogP contribution is 2.26. The second kappa shape index (κ2) is 7.21. The Morgan fingerprint density at radius 1 is 1.11 bits per heavy atom. The fraction of sp³-hybridized carbons (Fsp3) is 0.150. The summed E-state index contributed by atoms with van der Waals surface area (Å²) < 4.78 is 1.99. The summed E-state index contributed by atoms with van der Waals surface area (Å²) in [6, 6.07) is 15.6. The van der Waals surface area contributed by atoms with Gasteiger partial charge in [-0.05, 0) is 49.2 Å². The number of para-hydroxylation sites is 1. The highest BCUT2D eigenvalue weighted by Gasteiger charge is 2.13. The van der Waals surface area contributed by atoms with Gasteiger partial charge in [0.15, 0.2) is 10.8 Å². The number of nitrogens with one attached hydrogen (secondary N) is 1. The van der Waals surface area contributed by atoms with Gasteiger partial charge in [-0.1, -0.05) is 47.6 Å². The van der Waals surface area contributed by atoms with Gasteiger partial charge >= 0.3 is 0 Å². The van der Waals surface area contributed by atoms with E-state index in [9.17, 15) is 4.79 Å². The van der Waals surface area contributed by atoms with Crippen molar-refractivity contribution in [2.45, 2.75) is 19.0 Å². The van der Waals surface area contributed by atoms with Gasteiger partial charge in [0.1, 0.15) is 0 Å². The second-order valence-corrected chi connectivity index (χ2v) is 7.67. The van der Waals surface area contributed by atoms with E-state index in [2.05, 4.69) is 28.5 Å². The standard InChI is InChI=1S/C20H17ClN4OS/c1-12-7-8-14(10-16(12)21)22-19(26)11-27-20-24-23-18-9-13(2)15-5-3-4-6-17(15)25(18)20/h3-10H,11H2,1-2H3,(H,22,26). The molecule has 0 unspecified atom stereocenters. The Morgan fingerprint density at radius 2 is 1.93 bits per heavy atom. The fourth-order valence-corrected chi connectivity index (χ4v) is 3.90. The molecule has 4 aromatic rings. The van der Waals surface area contributed by atoms with Gasteiger partial charge in [0, 0.05) is 16.1 Å². The van der Waals surface area contributed by atoms with Crippen molar-refractivity contribution in [2.75, 3.05) is 11.1 Å². The number of amides is 1. The molecule has 5 nitrogen and oxygen atoms in total. The summed E-state index contributed by atoms with van der Waals surface area (Å²) in [7, 11) is 0. The Morgan fingerprint density at radius 3 is 2.74 bits per heavy atom. The second-order valence-electron chi connectivity index (χ2n) is 6.32. The predicted octanol–water partition coefficient (Wildman–Crippen LogP) is 4.88. The number of carbonyl (C=O) groups is 1. The predicted molar refractivity (Wildman–Crippen MR) is 111 cm³/mol. The number of aromatic nitrogens is 3. The van der Waals surface area contributed by atoms with Crippen LogP contribution in [0.2, 0.25) is 5.02 Å². The number of thioether (sulfide) groups is 1. The topological polar surface area (TPSA) is 59.3 Å². The van der Waals surface area contributed by atoms with Crippen LogP contribution in [0.4, 0.5) is 5.69 Å². The minimum absolute atomic E-state index is 0.118. The fourth-order valence-electron chi connectivity index (χ4n) is 2.97. The van der Waals surface area contributed by atoms with Crippen LogP contribution in [0.5, 0.6) is 0 Å². The minimum Gasteiger partial charge on any atom is -0.325 e. The Balaban J connectivity index is 1.56. The molecule has 0 saturated heterocycles. The SMILES string of the molecule is Cc1ccc(NC(=O)CSc2nnc3cc(C)c4ccccc4n23)cc1Cl. The Labute approximate surface area is 165 Å². The van der Waals surface area contributed by atoms with Gasteiger partial charge in [0.2, 0.25) is 5.91 Å². The number of rotatable bonds is 4. The number of carbonyl (C=O) groups excluding carboxylic acids is 1. The van der Waals surface area contributed by atoms with Crippen molar-refractivity contribution in [3.8, 4) is 0 Å². The molecular weight excluding hydrogens is 380 g/mol. The van der Waals surface area contributed by atoms with Crippen molar-refractivity contribution in [2.24, 2.45) is 0 Å². The van der Waals surface area contributed by atoms with E-state index in [1.807, 2.05) is 47.7 Å². The summed E-state index contributed by atoms with van der Waals surface area (Å²) in [4.78, 5) is 12.3. The number of pyridine rings is 1. The van der Waals surface area contributed by atoms with Crippen molar-refractivity contribution < 1.29 is 4.79 Å². The number of hydrogen-bond donors (Lipinski definition) is 1. The molecule has 2 aromatic heterocycles. The summed E-state index contributed by atoms with van der Waals surface area (Å²) >= 11 is 7.47. The maximum atomic E-state index is 12.3. The van der Waals surface area contributed by atoms with Gasteiger partial charge in [-0.3, -0.25) is 9.20 Å². The van der Waals surface area contributed by atoms with Crippen molar-refractivity contribution in [3.05, 3.63) is 64.7 Å². The van der Waals surface area contributed by atoms with Gasteiger partial charge in [0.25, 0.3) is 0 Å². The average Bonchev–Trinajstić information content (AvgIpc) is 3.06. The highest BCUT2D eigenvalue weighted by atomic mass is 35.5. The maximum absolute atomic E-state index is 12.3. The molecule has 1 N–H and O–H groups in total. The molecule has 0 aliphatic heterocycles. The van der Waals surface area contributed by atoms with Crippen LogP contribution < -0.4 is 5.32 Å². The monoisotopic (exact) mass is 396 g/mol. The van der Waals surface area contributed by atoms with Crippen LogP contribution in [0.15, 0.2) is 53.7 Å². The maximum Gasteiger partial charge on any atom is 0.234 e. The summed E-state index contributed by atoms with van der Waals surface area (Å²) in [5.41, 5.74) is 4.62. The largest absolute Gasteiger partial charge is 0.325 e. The minimum atomic E-state index is -0.118. The number of aryl methyl sites for hydroxylation is 2. The summed E-state index contributed by atoms with van der Waals surface area (Å²) in [6.45, 7) is 3.98. The quantitative estimate of drug-likeness (QED) is 0.499. The first-order valence-electron chi connectivity index (χ1n) is 8.45. The smallest absolute Gasteiger partial charge is 0.234 e. The molecule has 0 aliphatic carbocycles. The highest BCUT2D eigenvalue weighted by molar-refractivity contribution is 7.99. The third-order valence-corrected chi connectivity index (χ3v) is 5.70. The van der Waals surface area contributed by atoms with Crippen LogP contribution in [0.1, 0.15) is 11.1 Å². The molecule has 0 aliphatic rings. The van der Waals surface area contributed by atoms with E-state index in [1.54, 1.807) is 6.07 Å². The molecule has 2 heterocycles. The van der Waals surface area contributed by atoms with Crippen LogP contribution in [0, 0.1) is 13.8 Å². The van der Waals surface area contributed by atoms with Crippen LogP contribution in [0.25, 0.3) is 16.6 Å². The van der Waals surface area contributed by atoms with Crippen LogP contribution in [-0.4, -0.2) is 26.3 Å². The van der Waals surface area contributed by atoms with Crippen LogP contribution in [-0.2, 0) is 4.79 Å². The average molecular weight is 397 g/mol. The molecule has 136 valence electrons. The summed E-state index contributed by atoms with van der Waals surface area (Å²) in [5, 5.41) is 13.9. The number of fused-ring (bicyclic) bond motifs is 3. The summed E-state index contributed by atoms with van der Waals surface area (Å²) in [6.07, 6.45) is 0. The van der Waals surface area contributed by atoms with Crippen LogP contribution in [0.3, 0.4) is 0 Å². The molecule has 0 atom stereocenters. The van der Waals surface area contributed by atoms with Gasteiger partial charge in [0.05, 0.1) is 11.3 Å². The van der Waals surface area contributed by atoms with Gasteiger partial charge in [-0.25, -0.2) is 0 Å². The first-order valence-corrected chi connectivity index (χ1v) is 9.81. The third kappa shape index (κ3) is 3.50. The van der Waals surface area contributed by atoms with E-state index in [0.29, 0.717) is 15.9 Å². The van der Waals surface area contributed by atoms with Gasteiger partial charge < -0.3 is 5.32 Å². The van der Waals surface area contributed by atoms with Crippen LogP contribution >= 0.6 is 23.4 Å². The van der Waals surface area contributed by atoms with Crippen molar-refractivity contribution in [1.29, 1.82) is 0 Å². The van der Waals surface area contributed by atoms with E-state index in [4.69, 9.17) is 11.6 Å². The number of hydrogen-bond acceptors (Lipinski definition) is 4. The zero-order valence-corrected chi connectivity index (χ0v) is 16.4. The van der Waals surface area contributed by atoms with E-state index < -0.39 is 0 Å². The van der Waals surface area contributed by atoms with E-state index in [0.717, 1.165) is 27.7 Å². The van der Waals surface area contributed by atoms with Crippen molar-refractivity contribution in [3.63, 3.8) is 0 Å². The normalized spacial score (nSPS) is 11.2. The number of nitrogens with zero attached hydrogens (tertiary/aromatic N) is 3. The zero-order chi connectivity index (χ0) is 19.0. The molecule has 0 fully saturated rings. The molecule has 1 amide bonds. The van der Waals surface area contributed by atoms with E-state index in [1.165, 1.54) is 11.8 Å². The molecular formula is C20H17ClN4OS.